The van der Waals surface area contributed by atoms with Crippen LogP contribution in [0.3, 0.4) is 0 Å². The van der Waals surface area contributed by atoms with Crippen molar-refractivity contribution in [2.45, 2.75) is 42.7 Å². The summed E-state index contributed by atoms with van der Waals surface area (Å²) in [5.74, 6) is -2.89. The van der Waals surface area contributed by atoms with Crippen LogP contribution in [-0.2, 0) is 54.9 Å². The van der Waals surface area contributed by atoms with Gasteiger partial charge in [0.05, 0.1) is 43.5 Å². The van der Waals surface area contributed by atoms with Crippen LogP contribution >= 0.6 is 0 Å². The van der Waals surface area contributed by atoms with E-state index in [4.69, 9.17) is 23.7 Å². The number of aliphatic hydroxyl groups is 1. The molecule has 0 aromatic heterocycles. The van der Waals surface area contributed by atoms with E-state index in [-0.39, 0.29) is 53.4 Å². The number of carboxylic acid groups (broad SMARTS) is 1. The first kappa shape index (κ1) is 47.1. The summed E-state index contributed by atoms with van der Waals surface area (Å²) in [6, 6.07) is 29.6. The molecule has 0 saturated carbocycles. The van der Waals surface area contributed by atoms with E-state index in [9.17, 15) is 44.3 Å². The first-order chi connectivity index (χ1) is 33.3. The van der Waals surface area contributed by atoms with Crippen LogP contribution in [0.15, 0.2) is 127 Å². The fourth-order valence-corrected chi connectivity index (χ4v) is 9.61. The molecular formula is C51H43N3O15. The Balaban J connectivity index is 1.38. The molecule has 5 aromatic carbocycles. The molecule has 0 unspecified atom stereocenters. The lowest BCUT2D eigenvalue weighted by Gasteiger charge is -2.46. The highest BCUT2D eigenvalue weighted by atomic mass is 16.6. The third-order valence-corrected chi connectivity index (χ3v) is 12.5. The second-order valence-electron chi connectivity index (χ2n) is 16.2. The number of methoxy groups -OCH3 is 2. The molecule has 18 heteroatoms. The first-order valence-electron chi connectivity index (χ1n) is 21.5. The Bertz CT molecular complexity index is 2870. The van der Waals surface area contributed by atoms with Gasteiger partial charge in [0.1, 0.15) is 42.4 Å². The normalized spacial score (nSPS) is 21.3. The summed E-state index contributed by atoms with van der Waals surface area (Å²) in [4.78, 5) is 98.1. The van der Waals surface area contributed by atoms with Crippen molar-refractivity contribution < 1.29 is 67.6 Å². The lowest BCUT2D eigenvalue weighted by molar-refractivity contribution is -0.384. The molecular weight excluding hydrogens is 895 g/mol. The average molecular weight is 938 g/mol. The number of carboxylic acids is 1. The minimum Gasteiger partial charge on any atom is -0.491 e. The van der Waals surface area contributed by atoms with Gasteiger partial charge in [0.2, 0.25) is 5.91 Å². The molecule has 6 atom stereocenters. The van der Waals surface area contributed by atoms with Crippen LogP contribution in [0, 0.1) is 33.8 Å². The number of carbonyl (C=O) groups excluding carboxylic acids is 5. The maximum Gasteiger partial charge on any atom is 0.421 e. The standard InChI is InChI=1S/C51H43N3O15/c1-65-46(58)37(47(59)66-2)18-9-11-30-21-24-39-38(27-30)51(49(61)52(39)50(62)68-29-31-19-22-35(23-20-31)54(63)64)40(45(56)57)42-48(60)69-43(33-14-7-4-8-15-33)41(32-12-5-3-6-13-32)53(42)44(51)34-16-10-17-36(28-34)67-26-25-55/h3-8,10,12-17,19-24,27-28,37,40-44,55H,18,25-26,29H2,1-2H3,(H,56,57)/t40-,41-,42-,43+,44+,51-/m0/s1. The molecule has 8 rings (SSSR count). The van der Waals surface area contributed by atoms with Crippen molar-refractivity contribution in [3.05, 3.63) is 171 Å². The molecule has 2 fully saturated rings. The van der Waals surface area contributed by atoms with Crippen LogP contribution in [0.5, 0.6) is 5.75 Å². The average Bonchev–Trinajstić information content (AvgIpc) is 3.83. The highest BCUT2D eigenvalue weighted by Gasteiger charge is 2.76. The number of hydrogen-bond acceptors (Lipinski definition) is 15. The lowest BCUT2D eigenvalue weighted by Crippen LogP contribution is -2.53. The zero-order chi connectivity index (χ0) is 49.0. The van der Waals surface area contributed by atoms with E-state index in [1.807, 2.05) is 0 Å². The Morgan fingerprint density at radius 1 is 0.826 bits per heavy atom. The fourth-order valence-electron chi connectivity index (χ4n) is 9.61. The van der Waals surface area contributed by atoms with Gasteiger partial charge < -0.3 is 33.9 Å². The molecule has 0 bridgehead atoms. The maximum atomic E-state index is 16.1. The van der Waals surface area contributed by atoms with E-state index in [1.54, 1.807) is 89.8 Å². The van der Waals surface area contributed by atoms with Gasteiger partial charge in [-0.2, -0.15) is 0 Å². The zero-order valence-electron chi connectivity index (χ0n) is 37.0. The number of rotatable bonds is 13. The van der Waals surface area contributed by atoms with Crippen molar-refractivity contribution in [1.82, 2.24) is 4.90 Å². The zero-order valence-corrected chi connectivity index (χ0v) is 37.0. The number of cyclic esters (lactones) is 1. The molecule has 352 valence electrons. The highest BCUT2D eigenvalue weighted by molar-refractivity contribution is 6.23. The van der Waals surface area contributed by atoms with Gasteiger partial charge in [-0.3, -0.25) is 39.0 Å². The fraction of sp³-hybridized carbons (Fsp3) is 0.255. The summed E-state index contributed by atoms with van der Waals surface area (Å²) in [6.07, 6.45) is -2.65. The highest BCUT2D eigenvalue weighted by Crippen LogP contribution is 2.66. The summed E-state index contributed by atoms with van der Waals surface area (Å²) in [5.41, 5.74) is -0.793. The molecule has 0 radical (unpaired) electrons. The van der Waals surface area contributed by atoms with Crippen LogP contribution in [0.25, 0.3) is 0 Å². The smallest absolute Gasteiger partial charge is 0.421 e. The van der Waals surface area contributed by atoms with Gasteiger partial charge in [0.15, 0.2) is 5.92 Å². The number of fused-ring (bicyclic) bond motifs is 3. The van der Waals surface area contributed by atoms with Gasteiger partial charge in [-0.05, 0) is 70.3 Å². The quantitative estimate of drug-likeness (QED) is 0.0356. The second kappa shape index (κ2) is 19.8. The molecule has 18 nitrogen and oxygen atoms in total. The van der Waals surface area contributed by atoms with Crippen molar-refractivity contribution in [3.63, 3.8) is 0 Å². The minimum absolute atomic E-state index is 0.0339. The van der Waals surface area contributed by atoms with Crippen molar-refractivity contribution in [3.8, 4) is 17.6 Å². The number of anilines is 1. The van der Waals surface area contributed by atoms with Crippen LogP contribution in [-0.4, -0.2) is 89.4 Å². The van der Waals surface area contributed by atoms with Crippen molar-refractivity contribution in [1.29, 1.82) is 0 Å². The Morgan fingerprint density at radius 2 is 1.48 bits per heavy atom. The number of amides is 2. The van der Waals surface area contributed by atoms with E-state index in [0.717, 1.165) is 14.2 Å². The number of aliphatic hydroxyl groups excluding tert-OH is 1. The van der Waals surface area contributed by atoms with Crippen LogP contribution < -0.4 is 9.64 Å². The third kappa shape index (κ3) is 8.60. The van der Waals surface area contributed by atoms with Gasteiger partial charge in [-0.1, -0.05) is 84.6 Å². The molecule has 69 heavy (non-hydrogen) atoms. The van der Waals surface area contributed by atoms with Crippen molar-refractivity contribution >= 4 is 47.3 Å². The Hall–Kier alpha value is -8.40. The molecule has 5 aromatic rings. The van der Waals surface area contributed by atoms with Crippen LogP contribution in [0.1, 0.15) is 58.0 Å². The van der Waals surface area contributed by atoms with Gasteiger partial charge in [0.25, 0.3) is 5.69 Å². The van der Waals surface area contributed by atoms with E-state index >= 15 is 4.79 Å². The summed E-state index contributed by atoms with van der Waals surface area (Å²) in [7, 11) is 2.20. The Labute approximate surface area is 394 Å². The molecule has 1 spiro atoms. The number of non-ortho nitro benzene ring substituents is 1. The SMILES string of the molecule is COC(=O)C(CC#Cc1ccc2c(c1)[C@]1(C(=O)N2C(=O)OCc2ccc([N+](=O)[O-])cc2)[C@H](C(=O)O)[C@H]2C(=O)O[C@H](c3ccccc3)[C@H](c3ccccc3)N2[C@@H]1c1cccc(OCCO)c1)C(=O)OC. The lowest BCUT2D eigenvalue weighted by atomic mass is 9.65. The summed E-state index contributed by atoms with van der Waals surface area (Å²) in [5, 5.41) is 32.7. The number of aliphatic carboxylic acids is 1. The van der Waals surface area contributed by atoms with Gasteiger partial charge >= 0.3 is 30.0 Å². The first-order valence-corrected chi connectivity index (χ1v) is 21.5. The molecule has 3 aliphatic rings. The molecule has 0 aliphatic carbocycles. The number of nitro benzene ring substituents is 1. The van der Waals surface area contributed by atoms with Crippen LogP contribution in [0.2, 0.25) is 0 Å². The maximum absolute atomic E-state index is 16.1. The summed E-state index contributed by atoms with van der Waals surface area (Å²) < 4.78 is 27.4. The second-order valence-corrected chi connectivity index (χ2v) is 16.2. The van der Waals surface area contributed by atoms with Crippen molar-refractivity contribution in [2.75, 3.05) is 32.3 Å². The van der Waals surface area contributed by atoms with Gasteiger partial charge in [-0.15, -0.1) is 0 Å². The number of nitro groups is 1. The number of carbonyl (C=O) groups is 6. The number of esters is 3. The van der Waals surface area contributed by atoms with E-state index < -0.39 is 88.9 Å². The largest absolute Gasteiger partial charge is 0.491 e. The van der Waals surface area contributed by atoms with E-state index in [0.29, 0.717) is 21.6 Å². The van der Waals surface area contributed by atoms with Crippen LogP contribution in [0.4, 0.5) is 16.2 Å². The number of morpholine rings is 1. The summed E-state index contributed by atoms with van der Waals surface area (Å²) in [6.45, 7) is -0.927. The third-order valence-electron chi connectivity index (χ3n) is 12.5. The van der Waals surface area contributed by atoms with Gasteiger partial charge in [-0.25, -0.2) is 9.69 Å². The predicted octanol–water partition coefficient (Wildman–Crippen LogP) is 5.76. The minimum atomic E-state index is -2.39. The summed E-state index contributed by atoms with van der Waals surface area (Å²) >= 11 is 0. The van der Waals surface area contributed by atoms with Crippen molar-refractivity contribution in [2.24, 2.45) is 11.8 Å². The predicted molar refractivity (Wildman–Crippen MR) is 241 cm³/mol. The molecule has 2 N–H and O–H groups in total. The monoisotopic (exact) mass is 937 g/mol. The topological polar surface area (TPSA) is 239 Å². The number of hydrogen-bond donors (Lipinski definition) is 2. The molecule has 3 heterocycles. The number of imide groups is 1. The van der Waals surface area contributed by atoms with Gasteiger partial charge in [0, 0.05) is 24.1 Å². The molecule has 2 amide bonds. The Morgan fingerprint density at radius 3 is 2.10 bits per heavy atom. The Kier molecular flexibility index (Phi) is 13.5. The molecule has 2 saturated heterocycles. The molecule has 3 aliphatic heterocycles. The number of ether oxygens (including phenoxy) is 5. The number of nitrogens with zero attached hydrogens (tertiary/aromatic N) is 3. The van der Waals surface area contributed by atoms with E-state index in [2.05, 4.69) is 11.8 Å². The number of benzene rings is 5. The van der Waals surface area contributed by atoms with E-state index in [1.165, 1.54) is 42.5 Å².